The minimum atomic E-state index is -0.631. The van der Waals surface area contributed by atoms with Crippen LogP contribution in [-0.4, -0.2) is 29.2 Å². The van der Waals surface area contributed by atoms with E-state index in [0.29, 0.717) is 10.9 Å². The Hall–Kier alpha value is -1.55. The Morgan fingerprint density at radius 2 is 2.09 bits per heavy atom. The topological polar surface area (TPSA) is 58.7 Å². The third-order valence-electron chi connectivity index (χ3n) is 7.15. The van der Waals surface area contributed by atoms with Crippen LogP contribution in [-0.2, 0) is 4.79 Å². The fourth-order valence-electron chi connectivity index (χ4n) is 5.57. The number of benzene rings is 1. The standard InChI is InChI=1S/C18H22ClN3O/c1-16-11-22(21-10-12-3-5-14(19)6-4-12)18(15(20)23)9-13(16)7-8-17(16,18)2/h3-6,10,13H,7-9,11H2,1-2H3,(H2,20,23)/b21-10-/t13-,16+,17+,18+/m1/s1. The van der Waals surface area contributed by atoms with Crippen molar-refractivity contribution in [2.24, 2.45) is 27.6 Å². The zero-order chi connectivity index (χ0) is 16.5. The van der Waals surface area contributed by atoms with Crippen molar-refractivity contribution in [1.29, 1.82) is 0 Å². The number of nitrogens with two attached hydrogens (primary N) is 1. The number of carbonyl (C=O) groups is 1. The Balaban J connectivity index is 1.71. The molecule has 5 heteroatoms. The van der Waals surface area contributed by atoms with E-state index >= 15 is 0 Å². The van der Waals surface area contributed by atoms with Gasteiger partial charge >= 0.3 is 0 Å². The van der Waals surface area contributed by atoms with Crippen molar-refractivity contribution in [1.82, 2.24) is 5.01 Å². The second-order valence-corrected chi connectivity index (χ2v) is 8.20. The van der Waals surface area contributed by atoms with Gasteiger partial charge in [-0.1, -0.05) is 37.6 Å². The summed E-state index contributed by atoms with van der Waals surface area (Å²) in [5, 5.41) is 7.35. The molecule has 0 radical (unpaired) electrons. The summed E-state index contributed by atoms with van der Waals surface area (Å²) in [5.41, 5.74) is 6.29. The van der Waals surface area contributed by atoms with Crippen LogP contribution in [0.25, 0.3) is 0 Å². The maximum absolute atomic E-state index is 12.5. The van der Waals surface area contributed by atoms with E-state index in [9.17, 15) is 4.79 Å². The molecule has 3 aliphatic rings. The zero-order valence-corrected chi connectivity index (χ0v) is 14.3. The molecular weight excluding hydrogens is 310 g/mol. The van der Waals surface area contributed by atoms with Gasteiger partial charge in [0.2, 0.25) is 5.91 Å². The largest absolute Gasteiger partial charge is 0.368 e. The van der Waals surface area contributed by atoms with E-state index in [4.69, 9.17) is 17.3 Å². The molecule has 122 valence electrons. The van der Waals surface area contributed by atoms with Crippen LogP contribution >= 0.6 is 11.6 Å². The Kier molecular flexibility index (Phi) is 2.94. The highest BCUT2D eigenvalue weighted by atomic mass is 35.5. The van der Waals surface area contributed by atoms with Crippen molar-refractivity contribution < 1.29 is 4.79 Å². The molecule has 3 fully saturated rings. The molecule has 0 spiro atoms. The highest BCUT2D eigenvalue weighted by Crippen LogP contribution is 2.75. The molecule has 0 unspecified atom stereocenters. The molecule has 4 rings (SSSR count). The third kappa shape index (κ3) is 1.63. The van der Waals surface area contributed by atoms with Crippen molar-refractivity contribution in [2.75, 3.05) is 6.54 Å². The molecule has 4 atom stereocenters. The number of carbonyl (C=O) groups excluding carboxylic acids is 1. The predicted octanol–water partition coefficient (Wildman–Crippen LogP) is 3.04. The number of amides is 1. The first-order valence-corrected chi connectivity index (χ1v) is 8.58. The Bertz CT molecular complexity index is 703. The lowest BCUT2D eigenvalue weighted by atomic mass is 9.65. The molecular formula is C18H22ClN3O. The van der Waals surface area contributed by atoms with Gasteiger partial charge < -0.3 is 5.73 Å². The molecule has 2 saturated carbocycles. The first-order chi connectivity index (χ1) is 10.8. The summed E-state index contributed by atoms with van der Waals surface area (Å²) in [5.74, 6) is 0.362. The van der Waals surface area contributed by atoms with Crippen molar-refractivity contribution >= 4 is 23.7 Å². The third-order valence-corrected chi connectivity index (χ3v) is 7.40. The van der Waals surface area contributed by atoms with E-state index in [-0.39, 0.29) is 16.7 Å². The zero-order valence-electron chi connectivity index (χ0n) is 13.6. The van der Waals surface area contributed by atoms with E-state index in [1.807, 2.05) is 35.5 Å². The fraction of sp³-hybridized carbons (Fsp3) is 0.556. The number of hydrazone groups is 1. The summed E-state index contributed by atoms with van der Waals surface area (Å²) < 4.78 is 0. The van der Waals surface area contributed by atoms with E-state index in [0.717, 1.165) is 24.9 Å². The first kappa shape index (κ1) is 15.0. The average molecular weight is 332 g/mol. The van der Waals surface area contributed by atoms with Gasteiger partial charge in [0.25, 0.3) is 0 Å². The van der Waals surface area contributed by atoms with Gasteiger partial charge in [-0.05, 0) is 48.3 Å². The van der Waals surface area contributed by atoms with Gasteiger partial charge in [-0.3, -0.25) is 9.80 Å². The number of hydrogen-bond acceptors (Lipinski definition) is 3. The molecule has 2 aliphatic carbocycles. The van der Waals surface area contributed by atoms with E-state index < -0.39 is 5.54 Å². The Labute approximate surface area is 141 Å². The summed E-state index contributed by atoms with van der Waals surface area (Å²) in [6, 6.07) is 7.53. The van der Waals surface area contributed by atoms with Crippen molar-refractivity contribution in [3.8, 4) is 0 Å². The molecule has 4 nitrogen and oxygen atoms in total. The number of piperidine rings is 1. The number of primary amides is 1. The number of halogens is 1. The SMILES string of the molecule is C[C@@]12CC[C@@H]3C[C@@]1(C(N)=O)N(/N=C\c1ccc(Cl)cc1)C[C@@]32C. The molecule has 1 heterocycles. The molecule has 1 saturated heterocycles. The Morgan fingerprint density at radius 1 is 1.39 bits per heavy atom. The van der Waals surface area contributed by atoms with Crippen molar-refractivity contribution in [3.05, 3.63) is 34.9 Å². The van der Waals surface area contributed by atoms with Crippen LogP contribution in [0.2, 0.25) is 5.02 Å². The van der Waals surface area contributed by atoms with Gasteiger partial charge in [-0.25, -0.2) is 0 Å². The Morgan fingerprint density at radius 3 is 2.70 bits per heavy atom. The highest BCUT2D eigenvalue weighted by Gasteiger charge is 2.80. The number of nitrogens with zero attached hydrogens (tertiary/aromatic N) is 2. The monoisotopic (exact) mass is 331 g/mol. The van der Waals surface area contributed by atoms with Gasteiger partial charge in [-0.2, -0.15) is 5.10 Å². The van der Waals surface area contributed by atoms with E-state index in [2.05, 4.69) is 18.9 Å². The summed E-state index contributed by atoms with van der Waals surface area (Å²) in [4.78, 5) is 12.5. The minimum Gasteiger partial charge on any atom is -0.368 e. The quantitative estimate of drug-likeness (QED) is 0.865. The van der Waals surface area contributed by atoms with E-state index in [1.54, 1.807) is 0 Å². The minimum absolute atomic E-state index is 0.0756. The van der Waals surface area contributed by atoms with Gasteiger partial charge in [-0.15, -0.1) is 0 Å². The van der Waals surface area contributed by atoms with Crippen LogP contribution in [0.4, 0.5) is 0 Å². The molecule has 0 aromatic heterocycles. The van der Waals surface area contributed by atoms with Crippen molar-refractivity contribution in [3.63, 3.8) is 0 Å². The summed E-state index contributed by atoms with van der Waals surface area (Å²) in [6.07, 6.45) is 4.91. The lowest BCUT2D eigenvalue weighted by Crippen LogP contribution is -2.60. The summed E-state index contributed by atoms with van der Waals surface area (Å²) in [6.45, 7) is 5.36. The average Bonchev–Trinajstić information content (AvgIpc) is 2.96. The van der Waals surface area contributed by atoms with Crippen LogP contribution in [0.5, 0.6) is 0 Å². The van der Waals surface area contributed by atoms with Crippen LogP contribution in [0.1, 0.15) is 38.7 Å². The normalized spacial score (nSPS) is 41.2. The molecule has 1 aromatic rings. The smallest absolute Gasteiger partial charge is 0.245 e. The number of hydrogen-bond donors (Lipinski definition) is 1. The van der Waals surface area contributed by atoms with Crippen LogP contribution < -0.4 is 5.73 Å². The van der Waals surface area contributed by atoms with Crippen LogP contribution in [0, 0.1) is 16.7 Å². The van der Waals surface area contributed by atoms with Gasteiger partial charge in [0.1, 0.15) is 5.54 Å². The van der Waals surface area contributed by atoms with Crippen molar-refractivity contribution in [2.45, 2.75) is 38.6 Å². The predicted molar refractivity (Wildman–Crippen MR) is 91.2 cm³/mol. The van der Waals surface area contributed by atoms with Crippen LogP contribution in [0.15, 0.2) is 29.4 Å². The van der Waals surface area contributed by atoms with Crippen LogP contribution in [0.3, 0.4) is 0 Å². The van der Waals surface area contributed by atoms with E-state index in [1.165, 1.54) is 6.42 Å². The van der Waals surface area contributed by atoms with Gasteiger partial charge in [0, 0.05) is 17.0 Å². The maximum atomic E-state index is 12.5. The first-order valence-electron chi connectivity index (χ1n) is 8.21. The highest BCUT2D eigenvalue weighted by molar-refractivity contribution is 6.30. The molecule has 1 amide bonds. The maximum Gasteiger partial charge on any atom is 0.245 e. The molecule has 2 N–H and O–H groups in total. The molecule has 1 aromatic carbocycles. The number of rotatable bonds is 3. The lowest BCUT2D eigenvalue weighted by molar-refractivity contribution is -0.135. The molecule has 4 bridgehead atoms. The second-order valence-electron chi connectivity index (χ2n) is 7.77. The van der Waals surface area contributed by atoms with Gasteiger partial charge in [0.05, 0.1) is 6.21 Å². The summed E-state index contributed by atoms with van der Waals surface area (Å²) >= 11 is 5.92. The molecule has 23 heavy (non-hydrogen) atoms. The summed E-state index contributed by atoms with van der Waals surface area (Å²) in [7, 11) is 0. The lowest BCUT2D eigenvalue weighted by Gasteiger charge is -2.44. The van der Waals surface area contributed by atoms with Gasteiger partial charge in [0.15, 0.2) is 0 Å². The molecule has 1 aliphatic heterocycles. The fourth-order valence-corrected chi connectivity index (χ4v) is 5.70. The second kappa shape index (κ2) is 4.50.